The summed E-state index contributed by atoms with van der Waals surface area (Å²) in [5.41, 5.74) is 1.75. The third-order valence-electron chi connectivity index (χ3n) is 6.43. The number of rotatable bonds is 4. The fraction of sp³-hybridized carbons (Fsp3) is 0.522. The zero-order valence-electron chi connectivity index (χ0n) is 16.7. The van der Waals surface area contributed by atoms with Crippen LogP contribution in [-0.2, 0) is 10.2 Å². The smallest absolute Gasteiger partial charge is 0.224 e. The normalized spacial score (nSPS) is 28.2. The van der Waals surface area contributed by atoms with Gasteiger partial charge in [0.15, 0.2) is 5.82 Å². The Morgan fingerprint density at radius 2 is 2.04 bits per heavy atom. The number of nitrogens with zero attached hydrogens (tertiary/aromatic N) is 2. The Kier molecular flexibility index (Phi) is 3.80. The van der Waals surface area contributed by atoms with E-state index in [9.17, 15) is 4.79 Å². The molecule has 2 fully saturated rings. The number of benzene rings is 1. The van der Waals surface area contributed by atoms with Crippen LogP contribution in [0.4, 0.5) is 0 Å². The molecule has 0 bridgehead atoms. The van der Waals surface area contributed by atoms with Crippen molar-refractivity contribution in [1.82, 2.24) is 15.3 Å². The van der Waals surface area contributed by atoms with Crippen molar-refractivity contribution in [2.24, 2.45) is 11.8 Å². The van der Waals surface area contributed by atoms with Gasteiger partial charge in [0.25, 0.3) is 0 Å². The molecule has 1 unspecified atom stereocenters. The number of aryl methyl sites for hydroxylation is 1. The average molecular weight is 377 g/mol. The minimum atomic E-state index is -0.265. The molecule has 2 aromatic rings. The van der Waals surface area contributed by atoms with Gasteiger partial charge in [-0.1, -0.05) is 18.2 Å². The van der Waals surface area contributed by atoms with Crippen LogP contribution in [0.1, 0.15) is 62.7 Å². The van der Waals surface area contributed by atoms with Crippen molar-refractivity contribution >= 4 is 5.91 Å². The maximum atomic E-state index is 13.3. The van der Waals surface area contributed by atoms with E-state index in [-0.39, 0.29) is 28.9 Å². The van der Waals surface area contributed by atoms with Gasteiger partial charge in [-0.15, -0.1) is 0 Å². The summed E-state index contributed by atoms with van der Waals surface area (Å²) in [5.74, 6) is 2.25. The number of aromatic nitrogens is 2. The van der Waals surface area contributed by atoms with E-state index in [1.54, 1.807) is 6.20 Å². The first-order chi connectivity index (χ1) is 13.4. The summed E-state index contributed by atoms with van der Waals surface area (Å²) in [4.78, 5) is 22.3. The van der Waals surface area contributed by atoms with Gasteiger partial charge < -0.3 is 10.1 Å². The van der Waals surface area contributed by atoms with Crippen LogP contribution in [0.25, 0.3) is 0 Å². The average Bonchev–Trinajstić information content (AvgIpc) is 3.55. The van der Waals surface area contributed by atoms with Crippen molar-refractivity contribution in [3.8, 4) is 5.75 Å². The minimum Gasteiger partial charge on any atom is -0.488 e. The molecule has 0 radical (unpaired) electrons. The molecule has 1 aliphatic heterocycles. The van der Waals surface area contributed by atoms with Crippen LogP contribution >= 0.6 is 0 Å². The highest BCUT2D eigenvalue weighted by molar-refractivity contribution is 5.85. The first-order valence-corrected chi connectivity index (χ1v) is 10.3. The molecule has 3 atom stereocenters. The SMILES string of the molecule is Cc1ccnc(C(NC(=O)[C@H]2C[C@@]23CC(C)(C)Oc2ccccc23)C2CC2)n1. The van der Waals surface area contributed by atoms with E-state index in [0.29, 0.717) is 5.92 Å². The van der Waals surface area contributed by atoms with Crippen molar-refractivity contribution in [3.05, 3.63) is 53.6 Å². The maximum Gasteiger partial charge on any atom is 0.224 e. The summed E-state index contributed by atoms with van der Waals surface area (Å²) in [6.45, 7) is 6.20. The van der Waals surface area contributed by atoms with Crippen LogP contribution < -0.4 is 10.1 Å². The highest BCUT2D eigenvalue weighted by atomic mass is 16.5. The third kappa shape index (κ3) is 2.97. The standard InChI is InChI=1S/C23H27N3O2/c1-14-10-11-24-20(25-14)19(15-8-9-15)26-21(27)17-12-23(17)13-22(2,3)28-18-7-5-4-6-16(18)23/h4-7,10-11,15,17,19H,8-9,12-13H2,1-3H3,(H,26,27)/t17-,19?,23+/m1/s1. The van der Waals surface area contributed by atoms with E-state index in [1.165, 1.54) is 5.56 Å². The van der Waals surface area contributed by atoms with Crippen molar-refractivity contribution in [2.75, 3.05) is 0 Å². The van der Waals surface area contributed by atoms with Crippen LogP contribution in [0, 0.1) is 18.8 Å². The number of para-hydroxylation sites is 1. The Morgan fingerprint density at radius 1 is 1.25 bits per heavy atom. The molecule has 28 heavy (non-hydrogen) atoms. The van der Waals surface area contributed by atoms with Crippen LogP contribution in [0.2, 0.25) is 0 Å². The molecule has 5 heteroatoms. The van der Waals surface area contributed by atoms with Gasteiger partial charge in [-0.05, 0) is 64.5 Å². The maximum absolute atomic E-state index is 13.3. The van der Waals surface area contributed by atoms with E-state index in [4.69, 9.17) is 4.74 Å². The molecule has 2 heterocycles. The Labute approximate surface area is 165 Å². The molecule has 5 rings (SSSR count). The molecule has 1 aromatic heterocycles. The molecule has 0 saturated heterocycles. The highest BCUT2D eigenvalue weighted by Crippen LogP contribution is 2.63. The molecule has 1 spiro atoms. The predicted molar refractivity (Wildman–Crippen MR) is 106 cm³/mol. The van der Waals surface area contributed by atoms with Gasteiger partial charge in [0.05, 0.1) is 6.04 Å². The summed E-state index contributed by atoms with van der Waals surface area (Å²) < 4.78 is 6.18. The van der Waals surface area contributed by atoms with Gasteiger partial charge in [0, 0.05) is 28.8 Å². The van der Waals surface area contributed by atoms with Crippen molar-refractivity contribution in [1.29, 1.82) is 0 Å². The molecule has 1 amide bonds. The summed E-state index contributed by atoms with van der Waals surface area (Å²) in [5, 5.41) is 3.31. The summed E-state index contributed by atoms with van der Waals surface area (Å²) in [7, 11) is 0. The van der Waals surface area contributed by atoms with Crippen LogP contribution in [0.3, 0.4) is 0 Å². The largest absolute Gasteiger partial charge is 0.488 e. The first-order valence-electron chi connectivity index (χ1n) is 10.3. The second kappa shape index (κ2) is 6.03. The Balaban J connectivity index is 1.40. The van der Waals surface area contributed by atoms with Crippen LogP contribution in [-0.4, -0.2) is 21.5 Å². The monoisotopic (exact) mass is 377 g/mol. The quantitative estimate of drug-likeness (QED) is 0.878. The molecule has 2 saturated carbocycles. The molecule has 3 aliphatic rings. The number of carbonyl (C=O) groups is 1. The highest BCUT2D eigenvalue weighted by Gasteiger charge is 2.64. The summed E-state index contributed by atoms with van der Waals surface area (Å²) in [6.07, 6.45) is 5.79. The first kappa shape index (κ1) is 17.7. The number of fused-ring (bicyclic) bond motifs is 2. The van der Waals surface area contributed by atoms with Crippen molar-refractivity contribution < 1.29 is 9.53 Å². The second-order valence-corrected chi connectivity index (χ2v) is 9.33. The molecule has 1 N–H and O–H groups in total. The molecular weight excluding hydrogens is 350 g/mol. The fourth-order valence-corrected chi connectivity index (χ4v) is 4.99. The van der Waals surface area contributed by atoms with E-state index in [2.05, 4.69) is 35.2 Å². The lowest BCUT2D eigenvalue weighted by Gasteiger charge is -2.38. The number of amides is 1. The second-order valence-electron chi connectivity index (χ2n) is 9.33. The van der Waals surface area contributed by atoms with Gasteiger partial charge in [0.2, 0.25) is 5.91 Å². The Hall–Kier alpha value is -2.43. The molecule has 5 nitrogen and oxygen atoms in total. The van der Waals surface area contributed by atoms with Crippen LogP contribution in [0.5, 0.6) is 5.75 Å². The van der Waals surface area contributed by atoms with Gasteiger partial charge in [-0.2, -0.15) is 0 Å². The van der Waals surface area contributed by atoms with E-state index in [0.717, 1.165) is 43.0 Å². The molecule has 146 valence electrons. The zero-order chi connectivity index (χ0) is 19.5. The topological polar surface area (TPSA) is 64.1 Å². The number of hydrogen-bond donors (Lipinski definition) is 1. The van der Waals surface area contributed by atoms with E-state index >= 15 is 0 Å². The van der Waals surface area contributed by atoms with Crippen molar-refractivity contribution in [3.63, 3.8) is 0 Å². The lowest BCUT2D eigenvalue weighted by Crippen LogP contribution is -2.41. The fourth-order valence-electron chi connectivity index (χ4n) is 4.99. The Morgan fingerprint density at radius 3 is 2.79 bits per heavy atom. The molecule has 1 aromatic carbocycles. The molecule has 2 aliphatic carbocycles. The van der Waals surface area contributed by atoms with Gasteiger partial charge in [-0.3, -0.25) is 4.79 Å². The zero-order valence-corrected chi connectivity index (χ0v) is 16.7. The lowest BCUT2D eigenvalue weighted by atomic mass is 9.80. The van der Waals surface area contributed by atoms with Gasteiger partial charge in [-0.25, -0.2) is 9.97 Å². The van der Waals surface area contributed by atoms with E-state index < -0.39 is 0 Å². The van der Waals surface area contributed by atoms with Crippen molar-refractivity contribution in [2.45, 2.75) is 63.5 Å². The van der Waals surface area contributed by atoms with Gasteiger partial charge >= 0.3 is 0 Å². The Bertz CT molecular complexity index is 937. The summed E-state index contributed by atoms with van der Waals surface area (Å²) >= 11 is 0. The number of nitrogens with one attached hydrogen (secondary N) is 1. The third-order valence-corrected chi connectivity index (χ3v) is 6.43. The predicted octanol–water partition coefficient (Wildman–Crippen LogP) is 3.87. The summed E-state index contributed by atoms with van der Waals surface area (Å²) in [6, 6.07) is 10.0. The number of ether oxygens (including phenoxy) is 1. The molecular formula is C23H27N3O2. The van der Waals surface area contributed by atoms with Crippen LogP contribution in [0.15, 0.2) is 36.5 Å². The number of hydrogen-bond acceptors (Lipinski definition) is 4. The number of carbonyl (C=O) groups excluding carboxylic acids is 1. The van der Waals surface area contributed by atoms with E-state index in [1.807, 2.05) is 31.2 Å². The van der Waals surface area contributed by atoms with Gasteiger partial charge in [0.1, 0.15) is 11.4 Å². The minimum absolute atomic E-state index is 0.0112. The lowest BCUT2D eigenvalue weighted by molar-refractivity contribution is -0.124.